The lowest BCUT2D eigenvalue weighted by Gasteiger charge is -2.09. The Morgan fingerprint density at radius 1 is 1.38 bits per heavy atom. The number of carbonyl (C=O) groups excluding carboxylic acids is 1. The van der Waals surface area contributed by atoms with E-state index in [1.807, 2.05) is 30.3 Å². The molecule has 0 spiro atoms. The van der Waals surface area contributed by atoms with Crippen molar-refractivity contribution in [1.82, 2.24) is 10.3 Å². The number of nitrogens with one attached hydrogen (secondary N) is 1. The molecule has 1 amide bonds. The van der Waals surface area contributed by atoms with E-state index in [1.165, 1.54) is 0 Å². The van der Waals surface area contributed by atoms with Crippen molar-refractivity contribution in [2.24, 2.45) is 0 Å². The number of aryl methyl sites for hydroxylation is 1. The van der Waals surface area contributed by atoms with Crippen molar-refractivity contribution in [1.29, 1.82) is 0 Å². The molecule has 1 unspecified atom stereocenters. The normalized spacial score (nSPS) is 17.9. The van der Waals surface area contributed by atoms with Crippen molar-refractivity contribution < 1.29 is 13.9 Å². The average Bonchev–Trinajstić information content (AvgIpc) is 3.15. The summed E-state index contributed by atoms with van der Waals surface area (Å²) in [5, 5.41) is 2.86. The van der Waals surface area contributed by atoms with Gasteiger partial charge in [0.05, 0.1) is 6.10 Å². The van der Waals surface area contributed by atoms with Gasteiger partial charge in [0.1, 0.15) is 5.76 Å². The van der Waals surface area contributed by atoms with Crippen molar-refractivity contribution in [2.45, 2.75) is 25.9 Å². The molecule has 1 aliphatic rings. The van der Waals surface area contributed by atoms with E-state index in [9.17, 15) is 4.79 Å². The van der Waals surface area contributed by atoms with Crippen LogP contribution in [-0.4, -0.2) is 30.1 Å². The number of rotatable bonds is 4. The first-order valence-electron chi connectivity index (χ1n) is 7.16. The Morgan fingerprint density at radius 2 is 2.19 bits per heavy atom. The fourth-order valence-electron chi connectivity index (χ4n) is 2.41. The van der Waals surface area contributed by atoms with E-state index in [0.29, 0.717) is 23.9 Å². The second kappa shape index (κ2) is 6.10. The maximum absolute atomic E-state index is 12.2. The number of ether oxygens (including phenoxy) is 1. The Balaban J connectivity index is 1.70. The molecule has 3 rings (SSSR count). The van der Waals surface area contributed by atoms with Gasteiger partial charge in [-0.3, -0.25) is 4.79 Å². The van der Waals surface area contributed by atoms with Crippen LogP contribution in [0.4, 0.5) is 0 Å². The summed E-state index contributed by atoms with van der Waals surface area (Å²) >= 11 is 0. The van der Waals surface area contributed by atoms with Crippen LogP contribution in [0.15, 0.2) is 34.7 Å². The van der Waals surface area contributed by atoms with Gasteiger partial charge in [0.15, 0.2) is 5.69 Å². The summed E-state index contributed by atoms with van der Waals surface area (Å²) in [5.41, 5.74) is 1.20. The van der Waals surface area contributed by atoms with Crippen molar-refractivity contribution >= 4 is 5.91 Å². The number of benzene rings is 1. The van der Waals surface area contributed by atoms with Gasteiger partial charge < -0.3 is 14.5 Å². The summed E-state index contributed by atoms with van der Waals surface area (Å²) < 4.78 is 11.1. The van der Waals surface area contributed by atoms with Crippen LogP contribution < -0.4 is 5.32 Å². The number of nitrogens with zero attached hydrogens (tertiary/aromatic N) is 1. The van der Waals surface area contributed by atoms with Crippen LogP contribution in [-0.2, 0) is 4.74 Å². The van der Waals surface area contributed by atoms with Crippen LogP contribution in [0.1, 0.15) is 29.1 Å². The maximum Gasteiger partial charge on any atom is 0.273 e. The monoisotopic (exact) mass is 286 g/mol. The highest BCUT2D eigenvalue weighted by molar-refractivity contribution is 5.93. The van der Waals surface area contributed by atoms with Crippen LogP contribution in [0.3, 0.4) is 0 Å². The van der Waals surface area contributed by atoms with Crippen LogP contribution in [0.2, 0.25) is 0 Å². The molecule has 1 aliphatic heterocycles. The SMILES string of the molecule is Cc1oc(-c2ccccc2)nc1C(=O)NCC1CCCO1. The van der Waals surface area contributed by atoms with Crippen LogP contribution in [0.25, 0.3) is 11.5 Å². The summed E-state index contributed by atoms with van der Waals surface area (Å²) in [6.07, 6.45) is 2.17. The number of carbonyl (C=O) groups is 1. The van der Waals surface area contributed by atoms with Crippen LogP contribution in [0, 0.1) is 6.92 Å². The quantitative estimate of drug-likeness (QED) is 0.938. The van der Waals surface area contributed by atoms with E-state index in [0.717, 1.165) is 25.0 Å². The number of aromatic nitrogens is 1. The molecule has 1 N–H and O–H groups in total. The Bertz CT molecular complexity index is 616. The summed E-state index contributed by atoms with van der Waals surface area (Å²) in [4.78, 5) is 16.5. The summed E-state index contributed by atoms with van der Waals surface area (Å²) in [6, 6.07) is 9.55. The minimum Gasteiger partial charge on any atom is -0.441 e. The molecule has 110 valence electrons. The molecule has 1 aromatic heterocycles. The first kappa shape index (κ1) is 13.8. The Kier molecular flexibility index (Phi) is 4.01. The number of oxazole rings is 1. The molecule has 0 saturated carbocycles. The second-order valence-corrected chi connectivity index (χ2v) is 5.13. The standard InChI is InChI=1S/C16H18N2O3/c1-11-14(15(19)17-10-13-8-5-9-20-13)18-16(21-11)12-6-3-2-4-7-12/h2-4,6-7,13H,5,8-10H2,1H3,(H,17,19). The van der Waals surface area contributed by atoms with E-state index in [-0.39, 0.29) is 12.0 Å². The average molecular weight is 286 g/mol. The van der Waals surface area contributed by atoms with Gasteiger partial charge >= 0.3 is 0 Å². The van der Waals surface area contributed by atoms with Gasteiger partial charge in [0.25, 0.3) is 5.91 Å². The minimum absolute atomic E-state index is 0.120. The predicted molar refractivity (Wildman–Crippen MR) is 78.0 cm³/mol. The fourth-order valence-corrected chi connectivity index (χ4v) is 2.41. The van der Waals surface area contributed by atoms with Gasteiger partial charge in [0, 0.05) is 18.7 Å². The topological polar surface area (TPSA) is 64.4 Å². The molecule has 0 bridgehead atoms. The first-order chi connectivity index (χ1) is 10.2. The van der Waals surface area contributed by atoms with Gasteiger partial charge in [-0.15, -0.1) is 0 Å². The van der Waals surface area contributed by atoms with E-state index in [2.05, 4.69) is 10.3 Å². The molecule has 2 aromatic rings. The van der Waals surface area contributed by atoms with E-state index >= 15 is 0 Å². The maximum atomic E-state index is 12.2. The van der Waals surface area contributed by atoms with Crippen LogP contribution >= 0.6 is 0 Å². The molecular formula is C16H18N2O3. The highest BCUT2D eigenvalue weighted by atomic mass is 16.5. The molecule has 5 nitrogen and oxygen atoms in total. The number of hydrogen-bond acceptors (Lipinski definition) is 4. The van der Waals surface area contributed by atoms with Crippen LogP contribution in [0.5, 0.6) is 0 Å². The highest BCUT2D eigenvalue weighted by Crippen LogP contribution is 2.21. The number of hydrogen-bond donors (Lipinski definition) is 1. The van der Waals surface area contributed by atoms with E-state index in [4.69, 9.17) is 9.15 Å². The van der Waals surface area contributed by atoms with Gasteiger partial charge in [-0.1, -0.05) is 18.2 Å². The molecule has 1 saturated heterocycles. The van der Waals surface area contributed by atoms with Gasteiger partial charge in [-0.05, 0) is 31.9 Å². The zero-order chi connectivity index (χ0) is 14.7. The minimum atomic E-state index is -0.214. The van der Waals surface area contributed by atoms with Gasteiger partial charge in [-0.25, -0.2) is 4.98 Å². The Hall–Kier alpha value is -2.14. The largest absolute Gasteiger partial charge is 0.441 e. The molecule has 0 radical (unpaired) electrons. The Labute approximate surface area is 123 Å². The molecule has 1 fully saturated rings. The number of amides is 1. The molecule has 21 heavy (non-hydrogen) atoms. The molecule has 0 aliphatic carbocycles. The zero-order valence-electron chi connectivity index (χ0n) is 12.0. The molecule has 1 aromatic carbocycles. The summed E-state index contributed by atoms with van der Waals surface area (Å²) in [7, 11) is 0. The second-order valence-electron chi connectivity index (χ2n) is 5.13. The lowest BCUT2D eigenvalue weighted by Crippen LogP contribution is -2.32. The third-order valence-electron chi connectivity index (χ3n) is 3.55. The van der Waals surface area contributed by atoms with E-state index in [1.54, 1.807) is 6.92 Å². The van der Waals surface area contributed by atoms with Gasteiger partial charge in [-0.2, -0.15) is 0 Å². The molecular weight excluding hydrogens is 268 g/mol. The molecule has 5 heteroatoms. The van der Waals surface area contributed by atoms with Crippen molar-refractivity contribution in [3.63, 3.8) is 0 Å². The third-order valence-corrected chi connectivity index (χ3v) is 3.55. The lowest BCUT2D eigenvalue weighted by atomic mass is 10.2. The Morgan fingerprint density at radius 3 is 2.90 bits per heavy atom. The zero-order valence-corrected chi connectivity index (χ0v) is 12.0. The third kappa shape index (κ3) is 3.13. The summed E-state index contributed by atoms with van der Waals surface area (Å²) in [6.45, 7) is 3.05. The lowest BCUT2D eigenvalue weighted by molar-refractivity contribution is 0.0853. The van der Waals surface area contributed by atoms with Gasteiger partial charge in [0.2, 0.25) is 5.89 Å². The predicted octanol–water partition coefficient (Wildman–Crippen LogP) is 2.56. The molecule has 2 heterocycles. The molecule has 1 atom stereocenters. The summed E-state index contributed by atoms with van der Waals surface area (Å²) in [5.74, 6) is 0.781. The van der Waals surface area contributed by atoms with E-state index < -0.39 is 0 Å². The highest BCUT2D eigenvalue weighted by Gasteiger charge is 2.20. The fraction of sp³-hybridized carbons (Fsp3) is 0.375. The van der Waals surface area contributed by atoms with Crippen molar-refractivity contribution in [3.8, 4) is 11.5 Å². The first-order valence-corrected chi connectivity index (χ1v) is 7.16. The van der Waals surface area contributed by atoms with Crippen molar-refractivity contribution in [2.75, 3.05) is 13.2 Å². The van der Waals surface area contributed by atoms with Crippen molar-refractivity contribution in [3.05, 3.63) is 41.8 Å². The smallest absolute Gasteiger partial charge is 0.273 e.